The van der Waals surface area contributed by atoms with Gasteiger partial charge in [-0.15, -0.1) is 11.8 Å². The average Bonchev–Trinajstić information content (AvgIpc) is 2.55. The quantitative estimate of drug-likeness (QED) is 0.475. The topological polar surface area (TPSA) is 63.5 Å². The van der Waals surface area contributed by atoms with Crippen LogP contribution in [-0.4, -0.2) is 29.0 Å². The van der Waals surface area contributed by atoms with Crippen LogP contribution in [0.3, 0.4) is 0 Å². The summed E-state index contributed by atoms with van der Waals surface area (Å²) in [5.74, 6) is -0.670. The molecule has 0 saturated carbocycles. The minimum Gasteiger partial charge on any atom is -0.337 e. The first-order chi connectivity index (χ1) is 10.9. The Hall–Kier alpha value is -2.41. The molecule has 2 rings (SSSR count). The summed E-state index contributed by atoms with van der Waals surface area (Å²) in [6, 6.07) is 10.3. The maximum absolute atomic E-state index is 12.9. The first kappa shape index (κ1) is 17.0. The lowest BCUT2D eigenvalue weighted by atomic mass is 10.1. The van der Waals surface area contributed by atoms with E-state index in [0.29, 0.717) is 4.90 Å². The number of carbonyl (C=O) groups is 1. The van der Waals surface area contributed by atoms with Gasteiger partial charge in [0.15, 0.2) is 0 Å². The van der Waals surface area contributed by atoms with Crippen molar-refractivity contribution in [2.45, 2.75) is 11.4 Å². The lowest BCUT2D eigenvalue weighted by molar-refractivity contribution is -0.387. The van der Waals surface area contributed by atoms with E-state index < -0.39 is 4.92 Å². The van der Waals surface area contributed by atoms with E-state index in [1.165, 1.54) is 34.9 Å². The van der Waals surface area contributed by atoms with Gasteiger partial charge in [0, 0.05) is 25.2 Å². The van der Waals surface area contributed by atoms with Gasteiger partial charge in [-0.3, -0.25) is 14.9 Å². The molecule has 7 heteroatoms. The molecule has 5 nitrogen and oxygen atoms in total. The SMILES string of the molecule is CSc1ccc(C(=O)N(C)Cc2ccc(F)cc2)cc1[N+](=O)[O-]. The van der Waals surface area contributed by atoms with Crippen LogP contribution in [0.25, 0.3) is 0 Å². The van der Waals surface area contributed by atoms with Gasteiger partial charge in [-0.25, -0.2) is 4.39 Å². The summed E-state index contributed by atoms with van der Waals surface area (Å²) in [4.78, 5) is 24.9. The van der Waals surface area contributed by atoms with Gasteiger partial charge in [-0.05, 0) is 36.1 Å². The van der Waals surface area contributed by atoms with E-state index in [9.17, 15) is 19.3 Å². The van der Waals surface area contributed by atoms with Gasteiger partial charge in [0.1, 0.15) is 5.82 Å². The molecular weight excluding hydrogens is 319 g/mol. The second-order valence-electron chi connectivity index (χ2n) is 4.93. The number of nitro benzene ring substituents is 1. The Morgan fingerprint density at radius 3 is 2.48 bits per heavy atom. The van der Waals surface area contributed by atoms with E-state index >= 15 is 0 Å². The molecule has 2 aromatic carbocycles. The van der Waals surface area contributed by atoms with Gasteiger partial charge in [0.2, 0.25) is 0 Å². The summed E-state index contributed by atoms with van der Waals surface area (Å²) >= 11 is 1.25. The number of halogens is 1. The van der Waals surface area contributed by atoms with E-state index in [4.69, 9.17) is 0 Å². The molecule has 0 N–H and O–H groups in total. The molecule has 0 aromatic heterocycles. The smallest absolute Gasteiger partial charge is 0.283 e. The molecule has 0 radical (unpaired) electrons. The van der Waals surface area contributed by atoms with Crippen LogP contribution < -0.4 is 0 Å². The number of amides is 1. The van der Waals surface area contributed by atoms with Crippen molar-refractivity contribution in [1.82, 2.24) is 4.90 Å². The number of benzene rings is 2. The number of hydrogen-bond donors (Lipinski definition) is 0. The lowest BCUT2D eigenvalue weighted by Crippen LogP contribution is -2.26. The normalized spacial score (nSPS) is 10.4. The molecule has 0 spiro atoms. The number of thioether (sulfide) groups is 1. The number of hydrogen-bond acceptors (Lipinski definition) is 4. The standard InChI is InChI=1S/C16H15FN2O3S/c1-18(10-11-3-6-13(17)7-4-11)16(20)12-5-8-15(23-2)14(9-12)19(21)22/h3-9H,10H2,1-2H3. The van der Waals surface area contributed by atoms with Crippen LogP contribution in [0.15, 0.2) is 47.4 Å². The molecule has 0 fully saturated rings. The number of nitro groups is 1. The molecule has 0 aliphatic rings. The fourth-order valence-electron chi connectivity index (χ4n) is 2.12. The zero-order chi connectivity index (χ0) is 17.0. The third kappa shape index (κ3) is 4.07. The highest BCUT2D eigenvalue weighted by Gasteiger charge is 2.19. The molecule has 0 aliphatic carbocycles. The summed E-state index contributed by atoms with van der Waals surface area (Å²) in [7, 11) is 1.60. The monoisotopic (exact) mass is 334 g/mol. The van der Waals surface area contributed by atoms with Gasteiger partial charge >= 0.3 is 0 Å². The summed E-state index contributed by atoms with van der Waals surface area (Å²) in [6.45, 7) is 0.289. The first-order valence-corrected chi connectivity index (χ1v) is 7.97. The second-order valence-corrected chi connectivity index (χ2v) is 5.78. The third-order valence-electron chi connectivity index (χ3n) is 3.30. The van der Waals surface area contributed by atoms with Crippen molar-refractivity contribution >= 4 is 23.4 Å². The Morgan fingerprint density at radius 2 is 1.91 bits per heavy atom. The van der Waals surface area contributed by atoms with Crippen LogP contribution in [0.5, 0.6) is 0 Å². The van der Waals surface area contributed by atoms with Crippen molar-refractivity contribution < 1.29 is 14.1 Å². The highest BCUT2D eigenvalue weighted by Crippen LogP contribution is 2.28. The molecule has 0 unspecified atom stereocenters. The summed E-state index contributed by atoms with van der Waals surface area (Å²) in [6.07, 6.45) is 1.74. The zero-order valence-electron chi connectivity index (χ0n) is 12.7. The highest BCUT2D eigenvalue weighted by molar-refractivity contribution is 7.98. The molecule has 23 heavy (non-hydrogen) atoms. The van der Waals surface area contributed by atoms with E-state index in [2.05, 4.69) is 0 Å². The maximum Gasteiger partial charge on any atom is 0.283 e. The minimum absolute atomic E-state index is 0.0847. The van der Waals surface area contributed by atoms with Crippen LogP contribution in [-0.2, 0) is 6.54 Å². The zero-order valence-corrected chi connectivity index (χ0v) is 13.5. The van der Waals surface area contributed by atoms with Crippen LogP contribution in [0.2, 0.25) is 0 Å². The van der Waals surface area contributed by atoms with Crippen LogP contribution in [0.1, 0.15) is 15.9 Å². The summed E-state index contributed by atoms with van der Waals surface area (Å²) in [5.41, 5.74) is 0.940. The van der Waals surface area contributed by atoms with Crippen LogP contribution in [0, 0.1) is 15.9 Å². The predicted octanol–water partition coefficient (Wildman–Crippen LogP) is 3.73. The van der Waals surface area contributed by atoms with E-state index in [1.807, 2.05) is 0 Å². The van der Waals surface area contributed by atoms with Crippen molar-refractivity contribution in [2.24, 2.45) is 0 Å². The van der Waals surface area contributed by atoms with E-state index in [-0.39, 0.29) is 29.5 Å². The Balaban J connectivity index is 2.20. The Labute approximate surface area is 137 Å². The molecule has 120 valence electrons. The molecule has 0 saturated heterocycles. The van der Waals surface area contributed by atoms with Gasteiger partial charge in [0.05, 0.1) is 9.82 Å². The summed E-state index contributed by atoms with van der Waals surface area (Å²) < 4.78 is 12.9. The van der Waals surface area contributed by atoms with Crippen molar-refractivity contribution in [2.75, 3.05) is 13.3 Å². The largest absolute Gasteiger partial charge is 0.337 e. The molecule has 0 bridgehead atoms. The van der Waals surface area contributed by atoms with E-state index in [0.717, 1.165) is 5.56 Å². The minimum atomic E-state index is -0.497. The average molecular weight is 334 g/mol. The number of carbonyl (C=O) groups excluding carboxylic acids is 1. The van der Waals surface area contributed by atoms with Crippen molar-refractivity contribution in [3.05, 3.63) is 69.5 Å². The maximum atomic E-state index is 12.9. The molecule has 0 aliphatic heterocycles. The Bertz CT molecular complexity index is 735. The Morgan fingerprint density at radius 1 is 1.26 bits per heavy atom. The second kappa shape index (κ2) is 7.23. The van der Waals surface area contributed by atoms with Crippen molar-refractivity contribution in [1.29, 1.82) is 0 Å². The molecule has 1 amide bonds. The fourth-order valence-corrected chi connectivity index (χ4v) is 2.67. The molecule has 2 aromatic rings. The van der Waals surface area contributed by atoms with Gasteiger partial charge in [-0.2, -0.15) is 0 Å². The van der Waals surface area contributed by atoms with E-state index in [1.54, 1.807) is 37.6 Å². The van der Waals surface area contributed by atoms with Crippen molar-refractivity contribution in [3.63, 3.8) is 0 Å². The van der Waals surface area contributed by atoms with Crippen molar-refractivity contribution in [3.8, 4) is 0 Å². The number of rotatable bonds is 5. The highest BCUT2D eigenvalue weighted by atomic mass is 32.2. The third-order valence-corrected chi connectivity index (χ3v) is 4.09. The van der Waals surface area contributed by atoms with Crippen LogP contribution >= 0.6 is 11.8 Å². The lowest BCUT2D eigenvalue weighted by Gasteiger charge is -2.17. The van der Waals surface area contributed by atoms with Crippen LogP contribution in [0.4, 0.5) is 10.1 Å². The van der Waals surface area contributed by atoms with Gasteiger partial charge < -0.3 is 4.90 Å². The Kier molecular flexibility index (Phi) is 5.33. The molecule has 0 atom stereocenters. The first-order valence-electron chi connectivity index (χ1n) is 6.74. The molecule has 0 heterocycles. The summed E-state index contributed by atoms with van der Waals surface area (Å²) in [5, 5.41) is 11.1. The number of nitrogens with zero attached hydrogens (tertiary/aromatic N) is 2. The van der Waals surface area contributed by atoms with Gasteiger partial charge in [-0.1, -0.05) is 12.1 Å². The fraction of sp³-hybridized carbons (Fsp3) is 0.188. The predicted molar refractivity (Wildman–Crippen MR) is 87.1 cm³/mol. The van der Waals surface area contributed by atoms with Gasteiger partial charge in [0.25, 0.3) is 11.6 Å². The molecular formula is C16H15FN2O3S.